The smallest absolute Gasteiger partial charge is 0.143 e. The summed E-state index contributed by atoms with van der Waals surface area (Å²) in [7, 11) is 3.63. The number of ether oxygens (including phenoxy) is 1. The Morgan fingerprint density at radius 2 is 1.84 bits per heavy atom. The number of aromatic nitrogens is 5. The molecular formula is C25H22FN5O. The van der Waals surface area contributed by atoms with Crippen LogP contribution in [-0.4, -0.2) is 31.2 Å². The molecule has 0 bridgehead atoms. The predicted octanol–water partition coefficient (Wildman–Crippen LogP) is 4.87. The molecule has 6 nitrogen and oxygen atoms in total. The van der Waals surface area contributed by atoms with Crippen LogP contribution in [0, 0.1) is 12.7 Å². The van der Waals surface area contributed by atoms with Gasteiger partial charge in [-0.15, -0.1) is 0 Å². The molecule has 5 aromatic rings. The Morgan fingerprint density at radius 1 is 1.03 bits per heavy atom. The van der Waals surface area contributed by atoms with Gasteiger partial charge in [-0.1, -0.05) is 6.07 Å². The fourth-order valence-corrected chi connectivity index (χ4v) is 3.95. The lowest BCUT2D eigenvalue weighted by Crippen LogP contribution is -1.99. The summed E-state index contributed by atoms with van der Waals surface area (Å²) in [5, 5.41) is 0. The van der Waals surface area contributed by atoms with Gasteiger partial charge in [-0.2, -0.15) is 0 Å². The van der Waals surface area contributed by atoms with E-state index in [1.165, 1.54) is 12.1 Å². The van der Waals surface area contributed by atoms with E-state index in [0.29, 0.717) is 6.42 Å². The number of benzene rings is 2. The molecule has 7 heteroatoms. The normalized spacial score (nSPS) is 11.2. The topological polar surface area (TPSA) is 57.8 Å². The van der Waals surface area contributed by atoms with Gasteiger partial charge in [-0.3, -0.25) is 4.98 Å². The summed E-state index contributed by atoms with van der Waals surface area (Å²) < 4.78 is 23.0. The second kappa shape index (κ2) is 7.92. The highest BCUT2D eigenvalue weighted by molar-refractivity contribution is 5.82. The average molecular weight is 427 g/mol. The van der Waals surface area contributed by atoms with Crippen molar-refractivity contribution in [2.45, 2.75) is 13.3 Å². The highest BCUT2D eigenvalue weighted by atomic mass is 19.1. The first-order valence-corrected chi connectivity index (χ1v) is 10.3. The zero-order valence-corrected chi connectivity index (χ0v) is 18.1. The van der Waals surface area contributed by atoms with Gasteiger partial charge < -0.3 is 13.9 Å². The van der Waals surface area contributed by atoms with Gasteiger partial charge in [0.05, 0.1) is 36.0 Å². The van der Waals surface area contributed by atoms with E-state index >= 15 is 0 Å². The van der Waals surface area contributed by atoms with Crippen LogP contribution in [0.25, 0.3) is 28.1 Å². The summed E-state index contributed by atoms with van der Waals surface area (Å²) >= 11 is 0. The Labute approximate surface area is 185 Å². The lowest BCUT2D eigenvalue weighted by atomic mass is 10.1. The van der Waals surface area contributed by atoms with Crippen molar-refractivity contribution in [3.8, 4) is 22.8 Å². The summed E-state index contributed by atoms with van der Waals surface area (Å²) in [5.74, 6) is 1.27. The van der Waals surface area contributed by atoms with Crippen LogP contribution >= 0.6 is 0 Å². The minimum atomic E-state index is -0.266. The first-order valence-electron chi connectivity index (χ1n) is 10.3. The first kappa shape index (κ1) is 19.9. The van der Waals surface area contributed by atoms with E-state index in [2.05, 4.69) is 16.0 Å². The Hall–Kier alpha value is -4.00. The zero-order valence-electron chi connectivity index (χ0n) is 18.1. The SMILES string of the molecule is COc1cc(Cc2nccc3c2nc(-c2ccc(F)cc2)n3C)ccc1-n1cnc(C)c1. The number of hydrogen-bond acceptors (Lipinski definition) is 4. The molecule has 0 atom stereocenters. The van der Waals surface area contributed by atoms with Gasteiger partial charge in [0.15, 0.2) is 0 Å². The number of nitrogens with zero attached hydrogens (tertiary/aromatic N) is 5. The molecule has 0 saturated carbocycles. The van der Waals surface area contributed by atoms with E-state index in [4.69, 9.17) is 9.72 Å². The van der Waals surface area contributed by atoms with Crippen molar-refractivity contribution in [2.24, 2.45) is 7.05 Å². The highest BCUT2D eigenvalue weighted by Gasteiger charge is 2.15. The van der Waals surface area contributed by atoms with Crippen LogP contribution in [-0.2, 0) is 13.5 Å². The molecule has 0 amide bonds. The van der Waals surface area contributed by atoms with Crippen molar-refractivity contribution in [3.05, 3.63) is 90.0 Å². The second-order valence-electron chi connectivity index (χ2n) is 7.73. The second-order valence-corrected chi connectivity index (χ2v) is 7.73. The number of rotatable bonds is 5. The van der Waals surface area contributed by atoms with Crippen LogP contribution in [0.5, 0.6) is 5.75 Å². The Balaban J connectivity index is 1.53. The third-order valence-corrected chi connectivity index (χ3v) is 5.58. The van der Waals surface area contributed by atoms with E-state index in [1.807, 2.05) is 47.5 Å². The number of hydrogen-bond donors (Lipinski definition) is 0. The van der Waals surface area contributed by atoms with E-state index in [1.54, 1.807) is 31.8 Å². The molecule has 0 saturated heterocycles. The summed E-state index contributed by atoms with van der Waals surface area (Å²) in [6.45, 7) is 1.96. The van der Waals surface area contributed by atoms with Crippen LogP contribution in [0.3, 0.4) is 0 Å². The van der Waals surface area contributed by atoms with Gasteiger partial charge in [-0.25, -0.2) is 14.4 Å². The maximum Gasteiger partial charge on any atom is 0.143 e. The summed E-state index contributed by atoms with van der Waals surface area (Å²) in [6, 6.07) is 14.4. The van der Waals surface area contributed by atoms with Gasteiger partial charge in [0.2, 0.25) is 0 Å². The molecule has 0 aliphatic heterocycles. The van der Waals surface area contributed by atoms with Gasteiger partial charge in [-0.05, 0) is 55.0 Å². The molecule has 5 rings (SSSR count). The third kappa shape index (κ3) is 3.51. The molecular weight excluding hydrogens is 405 g/mol. The highest BCUT2D eigenvalue weighted by Crippen LogP contribution is 2.29. The fraction of sp³-hybridized carbons (Fsp3) is 0.160. The molecule has 0 spiro atoms. The number of fused-ring (bicyclic) bond motifs is 1. The van der Waals surface area contributed by atoms with Crippen molar-refractivity contribution < 1.29 is 9.13 Å². The first-order chi connectivity index (χ1) is 15.5. The Bertz CT molecular complexity index is 1420. The molecule has 3 aromatic heterocycles. The van der Waals surface area contributed by atoms with E-state index in [-0.39, 0.29) is 5.82 Å². The van der Waals surface area contributed by atoms with Crippen molar-refractivity contribution in [1.29, 1.82) is 0 Å². The largest absolute Gasteiger partial charge is 0.495 e. The van der Waals surface area contributed by atoms with Gasteiger partial charge >= 0.3 is 0 Å². The standard InChI is InChI=1S/C25H22FN5O/c1-16-14-31(15-28-16)21-9-4-17(13-23(21)32-3)12-20-24-22(10-11-27-20)30(2)25(29-24)18-5-7-19(26)8-6-18/h4-11,13-15H,12H2,1-3H3. The molecule has 32 heavy (non-hydrogen) atoms. The molecule has 0 N–H and O–H groups in total. The Kier molecular flexibility index (Phi) is 4.93. The monoisotopic (exact) mass is 427 g/mol. The number of imidazole rings is 2. The fourth-order valence-electron chi connectivity index (χ4n) is 3.95. The van der Waals surface area contributed by atoms with Crippen molar-refractivity contribution in [1.82, 2.24) is 24.1 Å². The third-order valence-electron chi connectivity index (χ3n) is 5.58. The number of methoxy groups -OCH3 is 1. The van der Waals surface area contributed by atoms with Crippen LogP contribution < -0.4 is 4.74 Å². The summed E-state index contributed by atoms with van der Waals surface area (Å²) in [5.41, 5.74) is 6.49. The van der Waals surface area contributed by atoms with Gasteiger partial charge in [0.1, 0.15) is 22.9 Å². The predicted molar refractivity (Wildman–Crippen MR) is 122 cm³/mol. The summed E-state index contributed by atoms with van der Waals surface area (Å²) in [4.78, 5) is 13.8. The van der Waals surface area contributed by atoms with Crippen molar-refractivity contribution in [3.63, 3.8) is 0 Å². The van der Waals surface area contributed by atoms with Crippen LogP contribution in [0.2, 0.25) is 0 Å². The van der Waals surface area contributed by atoms with Crippen molar-refractivity contribution >= 4 is 11.0 Å². The molecule has 0 aliphatic carbocycles. The molecule has 3 heterocycles. The lowest BCUT2D eigenvalue weighted by molar-refractivity contribution is 0.412. The molecule has 0 aliphatic rings. The molecule has 0 fully saturated rings. The average Bonchev–Trinajstić information content (AvgIpc) is 3.38. The number of halogens is 1. The minimum Gasteiger partial charge on any atom is -0.495 e. The quantitative estimate of drug-likeness (QED) is 0.402. The zero-order chi connectivity index (χ0) is 22.2. The molecule has 2 aromatic carbocycles. The lowest BCUT2D eigenvalue weighted by Gasteiger charge is -2.11. The van der Waals surface area contributed by atoms with E-state index in [9.17, 15) is 4.39 Å². The van der Waals surface area contributed by atoms with Crippen LogP contribution in [0.1, 0.15) is 17.0 Å². The number of pyridine rings is 1. The van der Waals surface area contributed by atoms with Gasteiger partial charge in [0.25, 0.3) is 0 Å². The Morgan fingerprint density at radius 3 is 2.56 bits per heavy atom. The van der Waals surface area contributed by atoms with Crippen LogP contribution in [0.15, 0.2) is 67.3 Å². The van der Waals surface area contributed by atoms with E-state index in [0.717, 1.165) is 50.8 Å². The van der Waals surface area contributed by atoms with E-state index < -0.39 is 0 Å². The van der Waals surface area contributed by atoms with Crippen molar-refractivity contribution in [2.75, 3.05) is 7.11 Å². The molecule has 160 valence electrons. The summed E-state index contributed by atoms with van der Waals surface area (Å²) in [6.07, 6.45) is 6.15. The molecule has 0 unspecified atom stereocenters. The number of aryl methyl sites for hydroxylation is 2. The minimum absolute atomic E-state index is 0.266. The van der Waals surface area contributed by atoms with Gasteiger partial charge in [0, 0.05) is 31.4 Å². The molecule has 0 radical (unpaired) electrons. The maximum absolute atomic E-state index is 13.4. The maximum atomic E-state index is 13.4. The van der Waals surface area contributed by atoms with Crippen LogP contribution in [0.4, 0.5) is 4.39 Å².